The fraction of sp³-hybridized carbons (Fsp3) is 0.250. The second kappa shape index (κ2) is 2.63. The van der Waals surface area contributed by atoms with Crippen LogP contribution in [0.5, 0.6) is 11.5 Å². The second-order valence-corrected chi connectivity index (χ2v) is 2.80. The summed E-state index contributed by atoms with van der Waals surface area (Å²) in [6.45, 7) is 0. The van der Waals surface area contributed by atoms with Crippen molar-refractivity contribution >= 4 is 11.4 Å². The first-order chi connectivity index (χ1) is 6.52. The number of ether oxygens (including phenoxy) is 2. The maximum atomic E-state index is 12.6. The minimum atomic E-state index is -3.60. The molecule has 0 fully saturated rings. The monoisotopic (exact) mass is 202 g/mol. The molecule has 1 aromatic carbocycles. The van der Waals surface area contributed by atoms with Crippen molar-refractivity contribution in [2.45, 2.75) is 6.29 Å². The van der Waals surface area contributed by atoms with E-state index >= 15 is 0 Å². The molecule has 1 aromatic rings. The summed E-state index contributed by atoms with van der Waals surface area (Å²) >= 11 is 0. The van der Waals surface area contributed by atoms with Gasteiger partial charge in [0.2, 0.25) is 0 Å². The molecule has 1 heterocycles. The van der Waals surface area contributed by atoms with Gasteiger partial charge in [-0.15, -0.1) is 8.78 Å². The largest absolute Gasteiger partial charge is 0.586 e. The van der Waals surface area contributed by atoms with Crippen molar-refractivity contribution in [3.8, 4) is 11.5 Å². The quantitative estimate of drug-likeness (QED) is 0.679. The number of alkyl halides is 2. The predicted molar refractivity (Wildman–Crippen MR) is 46.6 cm³/mol. The lowest BCUT2D eigenvalue weighted by atomic mass is 10.2. The average Bonchev–Trinajstić information content (AvgIpc) is 2.36. The van der Waals surface area contributed by atoms with Gasteiger partial charge in [-0.3, -0.25) is 0 Å². The van der Waals surface area contributed by atoms with Crippen LogP contribution >= 0.6 is 0 Å². The molecule has 0 atom stereocenters. The van der Waals surface area contributed by atoms with E-state index in [1.807, 2.05) is 0 Å². The standard InChI is InChI=1S/C8H8F2N2O2/c1-12-5-3-7-6(2-4(5)11)13-8(9,10)14-7/h2-3,12H,11H2,1H3. The molecular formula is C8H8F2N2O2. The van der Waals surface area contributed by atoms with Crippen molar-refractivity contribution in [1.29, 1.82) is 0 Å². The van der Waals surface area contributed by atoms with E-state index in [1.54, 1.807) is 7.05 Å². The van der Waals surface area contributed by atoms with Gasteiger partial charge < -0.3 is 20.5 Å². The second-order valence-electron chi connectivity index (χ2n) is 2.80. The smallest absolute Gasteiger partial charge is 0.397 e. The predicted octanol–water partition coefficient (Wildman–Crippen LogP) is 1.63. The highest BCUT2D eigenvalue weighted by molar-refractivity contribution is 5.72. The molecule has 0 aromatic heterocycles. The van der Waals surface area contributed by atoms with Gasteiger partial charge in [-0.1, -0.05) is 0 Å². The maximum Gasteiger partial charge on any atom is 0.586 e. The van der Waals surface area contributed by atoms with Crippen molar-refractivity contribution in [2.24, 2.45) is 0 Å². The minimum Gasteiger partial charge on any atom is -0.397 e. The van der Waals surface area contributed by atoms with Gasteiger partial charge in [0.15, 0.2) is 11.5 Å². The Kier molecular flexibility index (Phi) is 1.67. The Hall–Kier alpha value is -1.72. The first kappa shape index (κ1) is 8.86. The topological polar surface area (TPSA) is 56.5 Å². The van der Waals surface area contributed by atoms with Gasteiger partial charge in [0.1, 0.15) is 0 Å². The summed E-state index contributed by atoms with van der Waals surface area (Å²) in [5, 5.41) is 2.75. The van der Waals surface area contributed by atoms with Gasteiger partial charge in [-0.05, 0) is 0 Å². The van der Waals surface area contributed by atoms with E-state index in [1.165, 1.54) is 12.1 Å². The minimum absolute atomic E-state index is 0.0199. The lowest BCUT2D eigenvalue weighted by Crippen LogP contribution is -2.25. The summed E-state index contributed by atoms with van der Waals surface area (Å²) in [4.78, 5) is 0. The maximum absolute atomic E-state index is 12.6. The molecule has 3 N–H and O–H groups in total. The number of rotatable bonds is 1. The van der Waals surface area contributed by atoms with Gasteiger partial charge in [-0.25, -0.2) is 0 Å². The van der Waals surface area contributed by atoms with E-state index in [-0.39, 0.29) is 11.5 Å². The molecule has 0 unspecified atom stereocenters. The van der Waals surface area contributed by atoms with Crippen LogP contribution in [0, 0.1) is 0 Å². The molecule has 0 amide bonds. The van der Waals surface area contributed by atoms with Crippen molar-refractivity contribution in [3.05, 3.63) is 12.1 Å². The molecule has 14 heavy (non-hydrogen) atoms. The van der Waals surface area contributed by atoms with E-state index in [2.05, 4.69) is 14.8 Å². The SMILES string of the molecule is CNc1cc2c(cc1N)OC(F)(F)O2. The number of hydrogen-bond acceptors (Lipinski definition) is 4. The third-order valence-corrected chi connectivity index (χ3v) is 1.84. The zero-order chi connectivity index (χ0) is 10.3. The van der Waals surface area contributed by atoms with Crippen LogP contribution in [0.4, 0.5) is 20.2 Å². The molecule has 4 nitrogen and oxygen atoms in total. The number of fused-ring (bicyclic) bond motifs is 1. The van der Waals surface area contributed by atoms with Crippen LogP contribution in [-0.4, -0.2) is 13.3 Å². The number of nitrogens with two attached hydrogens (primary N) is 1. The molecule has 1 aliphatic rings. The molecule has 1 aliphatic heterocycles. The van der Waals surface area contributed by atoms with Crippen molar-refractivity contribution in [1.82, 2.24) is 0 Å². The van der Waals surface area contributed by atoms with Crippen LogP contribution in [0.3, 0.4) is 0 Å². The molecule has 0 saturated heterocycles. The van der Waals surface area contributed by atoms with Gasteiger partial charge >= 0.3 is 6.29 Å². The van der Waals surface area contributed by atoms with E-state index in [9.17, 15) is 8.78 Å². The number of hydrogen-bond donors (Lipinski definition) is 2. The van der Waals surface area contributed by atoms with Crippen LogP contribution in [0.25, 0.3) is 0 Å². The van der Waals surface area contributed by atoms with Gasteiger partial charge in [0, 0.05) is 19.2 Å². The van der Waals surface area contributed by atoms with Crippen LogP contribution in [0.1, 0.15) is 0 Å². The number of benzene rings is 1. The van der Waals surface area contributed by atoms with E-state index in [0.29, 0.717) is 11.4 Å². The summed E-state index contributed by atoms with van der Waals surface area (Å²) in [6.07, 6.45) is -3.60. The summed E-state index contributed by atoms with van der Waals surface area (Å²) < 4.78 is 33.6. The Morgan fingerprint density at radius 2 is 1.86 bits per heavy atom. The fourth-order valence-electron chi connectivity index (χ4n) is 1.23. The first-order valence-corrected chi connectivity index (χ1v) is 3.89. The average molecular weight is 202 g/mol. The summed E-state index contributed by atoms with van der Waals surface area (Å²) in [6, 6.07) is 2.66. The highest BCUT2D eigenvalue weighted by Crippen LogP contribution is 2.44. The van der Waals surface area contributed by atoms with Crippen LogP contribution in [0.15, 0.2) is 12.1 Å². The highest BCUT2D eigenvalue weighted by Gasteiger charge is 2.43. The van der Waals surface area contributed by atoms with Crippen molar-refractivity contribution in [2.75, 3.05) is 18.1 Å². The molecule has 2 rings (SSSR count). The third-order valence-electron chi connectivity index (χ3n) is 1.84. The summed E-state index contributed by atoms with van der Waals surface area (Å²) in [5.74, 6) is -0.0694. The number of nitrogen functional groups attached to an aromatic ring is 1. The zero-order valence-corrected chi connectivity index (χ0v) is 7.30. The molecule has 6 heteroatoms. The molecule has 0 bridgehead atoms. The van der Waals surface area contributed by atoms with Crippen molar-refractivity contribution in [3.63, 3.8) is 0 Å². The summed E-state index contributed by atoms with van der Waals surface area (Å²) in [7, 11) is 1.63. The normalized spacial score (nSPS) is 16.8. The zero-order valence-electron chi connectivity index (χ0n) is 7.30. The molecule has 0 saturated carbocycles. The van der Waals surface area contributed by atoms with Crippen LogP contribution in [0.2, 0.25) is 0 Å². The van der Waals surface area contributed by atoms with E-state index in [4.69, 9.17) is 5.73 Å². The van der Waals surface area contributed by atoms with Gasteiger partial charge in [0.05, 0.1) is 11.4 Å². The lowest BCUT2D eigenvalue weighted by molar-refractivity contribution is -0.286. The lowest BCUT2D eigenvalue weighted by Gasteiger charge is -2.04. The first-order valence-electron chi connectivity index (χ1n) is 3.89. The summed E-state index contributed by atoms with van der Waals surface area (Å²) in [5.41, 5.74) is 6.39. The Labute approximate surface area is 78.6 Å². The Bertz CT molecular complexity index is 382. The number of halogens is 2. The van der Waals surface area contributed by atoms with Crippen LogP contribution in [-0.2, 0) is 0 Å². The van der Waals surface area contributed by atoms with E-state index < -0.39 is 6.29 Å². The molecular weight excluding hydrogens is 194 g/mol. The highest BCUT2D eigenvalue weighted by atomic mass is 19.3. The van der Waals surface area contributed by atoms with Gasteiger partial charge in [-0.2, -0.15) is 0 Å². The number of anilines is 2. The fourth-order valence-corrected chi connectivity index (χ4v) is 1.23. The Balaban J connectivity index is 2.44. The number of nitrogens with one attached hydrogen (secondary N) is 1. The van der Waals surface area contributed by atoms with Crippen molar-refractivity contribution < 1.29 is 18.3 Å². The molecule has 0 aliphatic carbocycles. The van der Waals surface area contributed by atoms with E-state index in [0.717, 1.165) is 0 Å². The third kappa shape index (κ3) is 1.28. The Morgan fingerprint density at radius 3 is 2.43 bits per heavy atom. The van der Waals surface area contributed by atoms with Crippen LogP contribution < -0.4 is 20.5 Å². The molecule has 76 valence electrons. The molecule has 0 radical (unpaired) electrons. The van der Waals surface area contributed by atoms with Gasteiger partial charge in [0.25, 0.3) is 0 Å². The molecule has 0 spiro atoms. The Morgan fingerprint density at radius 1 is 1.29 bits per heavy atom.